The summed E-state index contributed by atoms with van der Waals surface area (Å²) in [6, 6.07) is 7.22. The summed E-state index contributed by atoms with van der Waals surface area (Å²) in [5.41, 5.74) is 1.55. The number of carbonyl (C=O) groups excluding carboxylic acids is 1. The lowest BCUT2D eigenvalue weighted by atomic mass is 10.1. The molecule has 152 valence electrons. The van der Waals surface area contributed by atoms with E-state index in [1.807, 2.05) is 32.0 Å². The molecule has 0 spiro atoms. The van der Waals surface area contributed by atoms with Crippen LogP contribution in [0.2, 0.25) is 0 Å². The molecule has 0 aliphatic rings. The summed E-state index contributed by atoms with van der Waals surface area (Å²) in [5.74, 6) is -0.240. The summed E-state index contributed by atoms with van der Waals surface area (Å²) in [7, 11) is 0. The molecule has 2 heterocycles. The van der Waals surface area contributed by atoms with Crippen LogP contribution in [-0.4, -0.2) is 15.5 Å². The first kappa shape index (κ1) is 20.8. The van der Waals surface area contributed by atoms with E-state index < -0.39 is 17.3 Å². The highest BCUT2D eigenvalue weighted by molar-refractivity contribution is 7.14. The van der Waals surface area contributed by atoms with Crippen LogP contribution in [0.3, 0.4) is 0 Å². The van der Waals surface area contributed by atoms with Gasteiger partial charge in [-0.25, -0.2) is 4.98 Å². The van der Waals surface area contributed by atoms with Gasteiger partial charge in [0.15, 0.2) is 5.13 Å². The minimum absolute atomic E-state index is 0.127. The van der Waals surface area contributed by atoms with Gasteiger partial charge in [0.25, 0.3) is 5.56 Å². The van der Waals surface area contributed by atoms with Crippen LogP contribution in [0, 0.1) is 13.8 Å². The number of anilines is 2. The van der Waals surface area contributed by atoms with E-state index >= 15 is 0 Å². The van der Waals surface area contributed by atoms with Crippen molar-refractivity contribution in [1.82, 2.24) is 9.55 Å². The molecule has 0 aliphatic heterocycles. The highest BCUT2D eigenvalue weighted by Gasteiger charge is 2.31. The number of amides is 1. The second-order valence-electron chi connectivity index (χ2n) is 6.58. The molecule has 0 aliphatic carbocycles. The molecule has 3 rings (SSSR count). The van der Waals surface area contributed by atoms with Gasteiger partial charge in [-0.15, -0.1) is 11.3 Å². The molecular weight excluding hydrogens is 403 g/mol. The van der Waals surface area contributed by atoms with Gasteiger partial charge in [-0.2, -0.15) is 13.2 Å². The molecule has 0 atom stereocenters. The highest BCUT2D eigenvalue weighted by atomic mass is 32.1. The Morgan fingerprint density at radius 1 is 1.21 bits per heavy atom. The second-order valence-corrected chi connectivity index (χ2v) is 7.41. The normalized spacial score (nSPS) is 11.5. The Hall–Kier alpha value is -2.94. The van der Waals surface area contributed by atoms with E-state index in [1.54, 1.807) is 5.38 Å². The van der Waals surface area contributed by atoms with E-state index in [4.69, 9.17) is 0 Å². The number of halogens is 3. The highest BCUT2D eigenvalue weighted by Crippen LogP contribution is 2.33. The van der Waals surface area contributed by atoms with Crippen molar-refractivity contribution in [3.05, 3.63) is 74.6 Å². The summed E-state index contributed by atoms with van der Waals surface area (Å²) >= 11 is 1.19. The Bertz CT molecular complexity index is 1120. The van der Waals surface area contributed by atoms with Gasteiger partial charge in [-0.05, 0) is 37.1 Å². The van der Waals surface area contributed by atoms with E-state index in [0.29, 0.717) is 16.5 Å². The maximum absolute atomic E-state index is 12.9. The van der Waals surface area contributed by atoms with Crippen molar-refractivity contribution in [2.75, 3.05) is 4.90 Å². The molecule has 9 heteroatoms. The molecule has 0 radical (unpaired) electrons. The second kappa shape index (κ2) is 7.82. The number of benzene rings is 1. The largest absolute Gasteiger partial charge is 0.417 e. The third kappa shape index (κ3) is 4.40. The predicted octanol–water partition coefficient (Wildman–Crippen LogP) is 4.67. The zero-order valence-corrected chi connectivity index (χ0v) is 16.8. The Morgan fingerprint density at radius 3 is 2.59 bits per heavy atom. The first-order valence-corrected chi connectivity index (χ1v) is 9.55. The van der Waals surface area contributed by atoms with Crippen molar-refractivity contribution in [2.24, 2.45) is 0 Å². The number of carbonyl (C=O) groups is 1. The van der Waals surface area contributed by atoms with Crippen molar-refractivity contribution in [2.45, 2.75) is 33.5 Å². The molecule has 0 bridgehead atoms. The average molecular weight is 421 g/mol. The SMILES string of the molecule is CC(=O)N(c1nc(Cn2cc(C(F)(F)F)ccc2=O)cs1)c1cccc(C)c1C. The smallest absolute Gasteiger partial charge is 0.309 e. The summed E-state index contributed by atoms with van der Waals surface area (Å²) in [5, 5.41) is 2.02. The number of hydrogen-bond donors (Lipinski definition) is 0. The molecule has 1 aromatic carbocycles. The third-order valence-corrected chi connectivity index (χ3v) is 5.38. The molecule has 0 saturated heterocycles. The molecule has 0 saturated carbocycles. The number of pyridine rings is 1. The molecule has 1 amide bonds. The van der Waals surface area contributed by atoms with Crippen LogP contribution >= 0.6 is 11.3 Å². The fraction of sp³-hybridized carbons (Fsp3) is 0.250. The van der Waals surface area contributed by atoms with Crippen molar-refractivity contribution in [3.63, 3.8) is 0 Å². The van der Waals surface area contributed by atoms with Crippen LogP contribution in [0.25, 0.3) is 0 Å². The lowest BCUT2D eigenvalue weighted by Gasteiger charge is -2.21. The number of aromatic nitrogens is 2. The number of nitrogens with zero attached hydrogens (tertiary/aromatic N) is 3. The predicted molar refractivity (Wildman–Crippen MR) is 106 cm³/mol. The Kier molecular flexibility index (Phi) is 5.61. The Balaban J connectivity index is 1.95. The Labute approximate surface area is 169 Å². The zero-order chi connectivity index (χ0) is 21.3. The zero-order valence-electron chi connectivity index (χ0n) is 15.9. The molecule has 2 aromatic heterocycles. The minimum Gasteiger partial charge on any atom is -0.309 e. The Morgan fingerprint density at radius 2 is 1.93 bits per heavy atom. The number of hydrogen-bond acceptors (Lipinski definition) is 4. The fourth-order valence-electron chi connectivity index (χ4n) is 2.85. The van der Waals surface area contributed by atoms with Crippen LogP contribution in [-0.2, 0) is 17.5 Å². The first-order chi connectivity index (χ1) is 13.6. The lowest BCUT2D eigenvalue weighted by molar-refractivity contribution is -0.138. The quantitative estimate of drug-likeness (QED) is 0.615. The standard InChI is InChI=1S/C20H18F3N3O2S/c1-12-5-4-6-17(13(12)2)26(14(3)27)19-24-16(11-29-19)10-25-9-15(20(21,22)23)7-8-18(25)28/h4-9,11H,10H2,1-3H3. The van der Waals surface area contributed by atoms with Crippen LogP contribution in [0.5, 0.6) is 0 Å². The maximum atomic E-state index is 12.9. The monoisotopic (exact) mass is 421 g/mol. The lowest BCUT2D eigenvalue weighted by Crippen LogP contribution is -2.24. The van der Waals surface area contributed by atoms with E-state index in [9.17, 15) is 22.8 Å². The van der Waals surface area contributed by atoms with Crippen molar-refractivity contribution < 1.29 is 18.0 Å². The minimum atomic E-state index is -4.54. The van der Waals surface area contributed by atoms with Gasteiger partial charge in [-0.1, -0.05) is 12.1 Å². The molecule has 0 unspecified atom stereocenters. The summed E-state index contributed by atoms with van der Waals surface area (Å²) < 4.78 is 39.7. The van der Waals surface area contributed by atoms with Crippen LogP contribution in [0.1, 0.15) is 29.3 Å². The molecule has 29 heavy (non-hydrogen) atoms. The van der Waals surface area contributed by atoms with Gasteiger partial charge in [-0.3, -0.25) is 14.5 Å². The number of thiazole rings is 1. The van der Waals surface area contributed by atoms with Crippen LogP contribution in [0.15, 0.2) is 46.7 Å². The van der Waals surface area contributed by atoms with Gasteiger partial charge >= 0.3 is 6.18 Å². The molecular formula is C20H18F3N3O2S. The first-order valence-electron chi connectivity index (χ1n) is 8.67. The number of alkyl halides is 3. The molecule has 0 fully saturated rings. The summed E-state index contributed by atoms with van der Waals surface area (Å²) in [4.78, 5) is 30.1. The van der Waals surface area contributed by atoms with Gasteiger partial charge in [0, 0.05) is 24.6 Å². The van der Waals surface area contributed by atoms with E-state index in [-0.39, 0.29) is 12.5 Å². The van der Waals surface area contributed by atoms with Crippen molar-refractivity contribution >= 4 is 28.1 Å². The topological polar surface area (TPSA) is 55.2 Å². The van der Waals surface area contributed by atoms with E-state index in [2.05, 4.69) is 4.98 Å². The average Bonchev–Trinajstić information content (AvgIpc) is 3.07. The summed E-state index contributed by atoms with van der Waals surface area (Å²) in [6.07, 6.45) is -3.77. The van der Waals surface area contributed by atoms with Crippen molar-refractivity contribution in [1.29, 1.82) is 0 Å². The van der Waals surface area contributed by atoms with Crippen molar-refractivity contribution in [3.8, 4) is 0 Å². The molecule has 0 N–H and O–H groups in total. The van der Waals surface area contributed by atoms with E-state index in [0.717, 1.165) is 34.0 Å². The summed E-state index contributed by atoms with van der Waals surface area (Å²) in [6.45, 7) is 5.12. The van der Waals surface area contributed by atoms with Crippen LogP contribution < -0.4 is 10.5 Å². The number of rotatable bonds is 4. The number of aryl methyl sites for hydroxylation is 1. The van der Waals surface area contributed by atoms with Gasteiger partial charge in [0.1, 0.15) is 0 Å². The van der Waals surface area contributed by atoms with Gasteiger partial charge < -0.3 is 4.57 Å². The third-order valence-electron chi connectivity index (χ3n) is 4.51. The van der Waals surface area contributed by atoms with Crippen LogP contribution in [0.4, 0.5) is 24.0 Å². The molecule has 3 aromatic rings. The maximum Gasteiger partial charge on any atom is 0.417 e. The molecule has 5 nitrogen and oxygen atoms in total. The van der Waals surface area contributed by atoms with Gasteiger partial charge in [0.2, 0.25) is 5.91 Å². The fourth-order valence-corrected chi connectivity index (χ4v) is 3.72. The van der Waals surface area contributed by atoms with Gasteiger partial charge in [0.05, 0.1) is 23.5 Å². The van der Waals surface area contributed by atoms with E-state index in [1.165, 1.54) is 23.2 Å².